The Hall–Kier alpha value is -1.09. The van der Waals surface area contributed by atoms with Gasteiger partial charge in [-0.3, -0.25) is 0 Å². The van der Waals surface area contributed by atoms with Crippen molar-refractivity contribution in [2.24, 2.45) is 5.92 Å². The van der Waals surface area contributed by atoms with Crippen molar-refractivity contribution in [1.29, 1.82) is 0 Å². The molecule has 0 unspecified atom stereocenters. The minimum atomic E-state index is 0.675. The monoisotopic (exact) mass is 264 g/mol. The van der Waals surface area contributed by atoms with Gasteiger partial charge < -0.3 is 10.1 Å². The molecule has 3 nitrogen and oxygen atoms in total. The van der Waals surface area contributed by atoms with Crippen LogP contribution in [0.5, 0.6) is 5.88 Å². The average molecular weight is 264 g/mol. The van der Waals surface area contributed by atoms with Gasteiger partial charge in [-0.1, -0.05) is 39.7 Å². The number of aromatic nitrogens is 1. The van der Waals surface area contributed by atoms with Crippen LogP contribution in [0, 0.1) is 12.8 Å². The Labute approximate surface area is 117 Å². The van der Waals surface area contributed by atoms with Crippen LogP contribution in [-0.4, -0.2) is 18.1 Å². The molecule has 0 radical (unpaired) electrons. The minimum Gasteiger partial charge on any atom is -0.478 e. The molecule has 1 aromatic heterocycles. The van der Waals surface area contributed by atoms with Crippen LogP contribution in [-0.2, 0) is 6.54 Å². The second-order valence-electron chi connectivity index (χ2n) is 5.47. The van der Waals surface area contributed by atoms with Crippen LogP contribution in [0.2, 0.25) is 0 Å². The summed E-state index contributed by atoms with van der Waals surface area (Å²) in [5.74, 6) is 1.43. The Bertz CT molecular complexity index is 364. The Balaban J connectivity index is 2.40. The van der Waals surface area contributed by atoms with Gasteiger partial charge in [-0.2, -0.15) is 0 Å². The Morgan fingerprint density at radius 2 is 2.05 bits per heavy atom. The molecule has 1 rings (SSSR count). The lowest BCUT2D eigenvalue weighted by molar-refractivity contribution is 0.294. The summed E-state index contributed by atoms with van der Waals surface area (Å²) in [4.78, 5) is 4.51. The fourth-order valence-corrected chi connectivity index (χ4v) is 1.86. The number of aryl methyl sites for hydroxylation is 1. The third kappa shape index (κ3) is 6.58. The summed E-state index contributed by atoms with van der Waals surface area (Å²) in [6, 6.07) is 4.09. The maximum atomic E-state index is 5.66. The third-order valence-corrected chi connectivity index (χ3v) is 3.04. The molecule has 19 heavy (non-hydrogen) atoms. The highest BCUT2D eigenvalue weighted by Gasteiger charge is 2.03. The third-order valence-electron chi connectivity index (χ3n) is 3.04. The summed E-state index contributed by atoms with van der Waals surface area (Å²) in [6.07, 6.45) is 3.54. The second-order valence-corrected chi connectivity index (χ2v) is 5.47. The first-order valence-electron chi connectivity index (χ1n) is 7.43. The van der Waals surface area contributed by atoms with E-state index in [-0.39, 0.29) is 0 Å². The van der Waals surface area contributed by atoms with E-state index < -0.39 is 0 Å². The number of unbranched alkanes of at least 4 members (excludes halogenated alkanes) is 2. The molecule has 1 heterocycles. The van der Waals surface area contributed by atoms with Gasteiger partial charge in [0.1, 0.15) is 0 Å². The van der Waals surface area contributed by atoms with Gasteiger partial charge in [-0.25, -0.2) is 4.98 Å². The van der Waals surface area contributed by atoms with Crippen molar-refractivity contribution in [1.82, 2.24) is 10.3 Å². The molecule has 0 atom stereocenters. The van der Waals surface area contributed by atoms with Gasteiger partial charge in [-0.05, 0) is 31.4 Å². The van der Waals surface area contributed by atoms with Crippen molar-refractivity contribution in [2.75, 3.05) is 13.2 Å². The van der Waals surface area contributed by atoms with Gasteiger partial charge in [0.05, 0.1) is 6.61 Å². The molecule has 0 bridgehead atoms. The maximum Gasteiger partial charge on any atom is 0.213 e. The highest BCUT2D eigenvalue weighted by atomic mass is 16.5. The predicted octanol–water partition coefficient (Wildman–Crippen LogP) is 3.70. The van der Waals surface area contributed by atoms with Crippen molar-refractivity contribution in [3.8, 4) is 5.88 Å². The highest BCUT2D eigenvalue weighted by Crippen LogP contribution is 2.13. The van der Waals surface area contributed by atoms with Gasteiger partial charge in [0.15, 0.2) is 0 Å². The van der Waals surface area contributed by atoms with Crippen LogP contribution in [0.25, 0.3) is 0 Å². The van der Waals surface area contributed by atoms with Crippen LogP contribution in [0.3, 0.4) is 0 Å². The quantitative estimate of drug-likeness (QED) is 0.690. The van der Waals surface area contributed by atoms with Crippen molar-refractivity contribution in [3.63, 3.8) is 0 Å². The van der Waals surface area contributed by atoms with E-state index in [1.54, 1.807) is 0 Å². The smallest absolute Gasteiger partial charge is 0.213 e. The first-order chi connectivity index (χ1) is 9.13. The van der Waals surface area contributed by atoms with E-state index in [1.165, 1.54) is 18.4 Å². The molecule has 1 N–H and O–H groups in total. The molecule has 0 aliphatic heterocycles. The fraction of sp³-hybridized carbons (Fsp3) is 0.688. The second kappa shape index (κ2) is 8.92. The number of nitrogens with zero attached hydrogens (tertiary/aromatic N) is 1. The van der Waals surface area contributed by atoms with Gasteiger partial charge in [0, 0.05) is 18.3 Å². The largest absolute Gasteiger partial charge is 0.478 e. The number of rotatable bonds is 9. The van der Waals surface area contributed by atoms with Crippen LogP contribution in [0.4, 0.5) is 0 Å². The van der Waals surface area contributed by atoms with E-state index in [0.717, 1.165) is 37.7 Å². The molecule has 0 aliphatic carbocycles. The molecule has 0 amide bonds. The first-order valence-corrected chi connectivity index (χ1v) is 7.43. The SMILES string of the molecule is CCCCCOc1ccc(CNCC(C)C)c(C)n1. The zero-order valence-corrected chi connectivity index (χ0v) is 12.8. The van der Waals surface area contributed by atoms with E-state index in [2.05, 4.69) is 37.1 Å². The summed E-state index contributed by atoms with van der Waals surface area (Å²) in [6.45, 7) is 11.4. The van der Waals surface area contributed by atoms with E-state index >= 15 is 0 Å². The summed E-state index contributed by atoms with van der Waals surface area (Å²) in [5, 5.41) is 3.44. The topological polar surface area (TPSA) is 34.1 Å². The van der Waals surface area contributed by atoms with E-state index in [0.29, 0.717) is 5.92 Å². The van der Waals surface area contributed by atoms with E-state index in [9.17, 15) is 0 Å². The number of hydrogen-bond donors (Lipinski definition) is 1. The first kappa shape index (κ1) is 16.0. The maximum absolute atomic E-state index is 5.66. The average Bonchev–Trinajstić information content (AvgIpc) is 2.37. The van der Waals surface area contributed by atoms with Gasteiger partial charge in [0.2, 0.25) is 5.88 Å². The molecular formula is C16H28N2O. The Morgan fingerprint density at radius 1 is 1.26 bits per heavy atom. The molecule has 0 fully saturated rings. The lowest BCUT2D eigenvalue weighted by Crippen LogP contribution is -2.19. The molecule has 1 aromatic rings. The summed E-state index contributed by atoms with van der Waals surface area (Å²) >= 11 is 0. The molecule has 108 valence electrons. The number of ether oxygens (including phenoxy) is 1. The molecule has 0 aromatic carbocycles. The van der Waals surface area contributed by atoms with E-state index in [4.69, 9.17) is 4.74 Å². The Morgan fingerprint density at radius 3 is 2.68 bits per heavy atom. The van der Waals surface area contributed by atoms with E-state index in [1.807, 2.05) is 13.0 Å². The minimum absolute atomic E-state index is 0.675. The van der Waals surface area contributed by atoms with Crippen LogP contribution < -0.4 is 10.1 Å². The molecular weight excluding hydrogens is 236 g/mol. The molecule has 0 aliphatic rings. The summed E-state index contributed by atoms with van der Waals surface area (Å²) in [5.41, 5.74) is 2.31. The number of hydrogen-bond acceptors (Lipinski definition) is 3. The highest BCUT2D eigenvalue weighted by molar-refractivity contribution is 5.24. The molecule has 0 spiro atoms. The van der Waals surface area contributed by atoms with Gasteiger partial charge >= 0.3 is 0 Å². The summed E-state index contributed by atoms with van der Waals surface area (Å²) < 4.78 is 5.66. The Kier molecular flexibility index (Phi) is 7.49. The standard InChI is InChI=1S/C16H28N2O/c1-5-6-7-10-19-16-9-8-15(14(4)18-16)12-17-11-13(2)3/h8-9,13,17H,5-7,10-12H2,1-4H3. The van der Waals surface area contributed by atoms with Crippen LogP contribution in [0.15, 0.2) is 12.1 Å². The van der Waals surface area contributed by atoms with Crippen LogP contribution in [0.1, 0.15) is 51.3 Å². The zero-order valence-electron chi connectivity index (χ0n) is 12.8. The van der Waals surface area contributed by atoms with Crippen molar-refractivity contribution in [2.45, 2.75) is 53.5 Å². The van der Waals surface area contributed by atoms with Crippen molar-refractivity contribution < 1.29 is 4.74 Å². The number of nitrogens with one attached hydrogen (secondary N) is 1. The zero-order chi connectivity index (χ0) is 14.1. The lowest BCUT2D eigenvalue weighted by Gasteiger charge is -2.11. The van der Waals surface area contributed by atoms with Crippen molar-refractivity contribution in [3.05, 3.63) is 23.4 Å². The predicted molar refractivity (Wildman–Crippen MR) is 80.5 cm³/mol. The van der Waals surface area contributed by atoms with Crippen molar-refractivity contribution >= 4 is 0 Å². The number of pyridine rings is 1. The molecule has 0 saturated carbocycles. The van der Waals surface area contributed by atoms with Gasteiger partial charge in [-0.15, -0.1) is 0 Å². The molecule has 0 saturated heterocycles. The lowest BCUT2D eigenvalue weighted by atomic mass is 10.2. The molecule has 3 heteroatoms. The summed E-state index contributed by atoms with van der Waals surface area (Å²) in [7, 11) is 0. The normalized spacial score (nSPS) is 11.0. The fourth-order valence-electron chi connectivity index (χ4n) is 1.86. The van der Waals surface area contributed by atoms with Crippen LogP contribution >= 0.6 is 0 Å². The van der Waals surface area contributed by atoms with Gasteiger partial charge in [0.25, 0.3) is 0 Å².